The first kappa shape index (κ1) is 13.8. The summed E-state index contributed by atoms with van der Waals surface area (Å²) in [6.07, 6.45) is 1.67. The van der Waals surface area contributed by atoms with E-state index in [1.54, 1.807) is 6.92 Å². The number of halogens is 1. The molecule has 4 nitrogen and oxygen atoms in total. The molecule has 0 fully saturated rings. The van der Waals surface area contributed by atoms with Gasteiger partial charge in [-0.1, -0.05) is 22.0 Å². The second-order valence-electron chi connectivity index (χ2n) is 4.14. The van der Waals surface area contributed by atoms with Crippen molar-refractivity contribution in [3.05, 3.63) is 34.9 Å². The third kappa shape index (κ3) is 3.23. The molecule has 0 aliphatic heterocycles. The molecule has 1 heterocycles. The molecule has 19 heavy (non-hydrogen) atoms. The number of benzene rings is 1. The molecule has 0 N–H and O–H groups in total. The molecule has 2 aromatic rings. The zero-order valence-electron chi connectivity index (χ0n) is 10.6. The average molecular weight is 324 g/mol. The summed E-state index contributed by atoms with van der Waals surface area (Å²) in [4.78, 5) is 23.0. The SMILES string of the molecule is CCOC(=O)CC(=O)Cn1ccc2c(Br)cccc21. The first-order chi connectivity index (χ1) is 9.11. The van der Waals surface area contributed by atoms with E-state index in [0.29, 0.717) is 6.61 Å². The van der Waals surface area contributed by atoms with Gasteiger partial charge in [0.25, 0.3) is 0 Å². The third-order valence-corrected chi connectivity index (χ3v) is 3.45. The van der Waals surface area contributed by atoms with Crippen LogP contribution in [0.15, 0.2) is 34.9 Å². The van der Waals surface area contributed by atoms with Gasteiger partial charge in [-0.2, -0.15) is 0 Å². The van der Waals surface area contributed by atoms with Crippen LogP contribution in [0.4, 0.5) is 0 Å². The van der Waals surface area contributed by atoms with Crippen LogP contribution in [0, 0.1) is 0 Å². The Morgan fingerprint density at radius 1 is 1.32 bits per heavy atom. The van der Waals surface area contributed by atoms with Crippen molar-refractivity contribution in [1.29, 1.82) is 0 Å². The number of fused-ring (bicyclic) bond motifs is 1. The van der Waals surface area contributed by atoms with Gasteiger partial charge in [0.1, 0.15) is 6.42 Å². The first-order valence-electron chi connectivity index (χ1n) is 6.02. The van der Waals surface area contributed by atoms with Gasteiger partial charge in [0.05, 0.1) is 13.2 Å². The van der Waals surface area contributed by atoms with E-state index in [0.717, 1.165) is 15.4 Å². The van der Waals surface area contributed by atoms with Crippen LogP contribution < -0.4 is 0 Å². The van der Waals surface area contributed by atoms with Gasteiger partial charge in [0.2, 0.25) is 0 Å². The summed E-state index contributed by atoms with van der Waals surface area (Å²) < 4.78 is 7.58. The van der Waals surface area contributed by atoms with Gasteiger partial charge in [0, 0.05) is 21.6 Å². The van der Waals surface area contributed by atoms with E-state index in [9.17, 15) is 9.59 Å². The van der Waals surface area contributed by atoms with Crippen LogP contribution >= 0.6 is 15.9 Å². The number of Topliss-reactive ketones (excluding diaryl/α,β-unsaturated/α-hetero) is 1. The van der Waals surface area contributed by atoms with Crippen molar-refractivity contribution in [2.75, 3.05) is 6.61 Å². The van der Waals surface area contributed by atoms with Crippen LogP contribution in [-0.2, 0) is 20.9 Å². The van der Waals surface area contributed by atoms with E-state index in [2.05, 4.69) is 15.9 Å². The lowest BCUT2D eigenvalue weighted by molar-refractivity contribution is -0.145. The summed E-state index contributed by atoms with van der Waals surface area (Å²) in [6, 6.07) is 7.75. The Balaban J connectivity index is 2.11. The van der Waals surface area contributed by atoms with Gasteiger partial charge in [-0.3, -0.25) is 9.59 Å². The predicted octanol–water partition coefficient (Wildman–Crippen LogP) is 2.93. The molecule has 0 bridgehead atoms. The van der Waals surface area contributed by atoms with E-state index < -0.39 is 5.97 Å². The Labute approximate surface area is 119 Å². The van der Waals surface area contributed by atoms with Crippen LogP contribution in [0.2, 0.25) is 0 Å². The number of carbonyl (C=O) groups excluding carboxylic acids is 2. The zero-order chi connectivity index (χ0) is 13.8. The molecule has 100 valence electrons. The predicted molar refractivity (Wildman–Crippen MR) is 75.9 cm³/mol. The number of esters is 1. The van der Waals surface area contributed by atoms with E-state index >= 15 is 0 Å². The van der Waals surface area contributed by atoms with E-state index in [1.807, 2.05) is 35.0 Å². The maximum absolute atomic E-state index is 11.8. The molecule has 0 unspecified atom stereocenters. The smallest absolute Gasteiger partial charge is 0.313 e. The van der Waals surface area contributed by atoms with Crippen molar-refractivity contribution in [2.24, 2.45) is 0 Å². The molecular formula is C14H14BrNO3. The van der Waals surface area contributed by atoms with Crippen LogP contribution in [0.25, 0.3) is 10.9 Å². The largest absolute Gasteiger partial charge is 0.466 e. The molecule has 0 amide bonds. The molecule has 0 radical (unpaired) electrons. The monoisotopic (exact) mass is 323 g/mol. The van der Waals surface area contributed by atoms with Crippen molar-refractivity contribution in [1.82, 2.24) is 4.57 Å². The van der Waals surface area contributed by atoms with Crippen LogP contribution in [0.5, 0.6) is 0 Å². The highest BCUT2D eigenvalue weighted by Gasteiger charge is 2.12. The molecule has 1 aromatic carbocycles. The van der Waals surface area contributed by atoms with Crippen LogP contribution in [0.1, 0.15) is 13.3 Å². The minimum Gasteiger partial charge on any atom is -0.466 e. The minimum atomic E-state index is -0.467. The minimum absolute atomic E-state index is 0.157. The van der Waals surface area contributed by atoms with Crippen molar-refractivity contribution in [3.63, 3.8) is 0 Å². The van der Waals surface area contributed by atoms with Gasteiger partial charge in [-0.25, -0.2) is 0 Å². The molecule has 0 saturated carbocycles. The lowest BCUT2D eigenvalue weighted by atomic mass is 10.2. The fourth-order valence-electron chi connectivity index (χ4n) is 1.94. The maximum Gasteiger partial charge on any atom is 0.313 e. The Hall–Kier alpha value is -1.62. The van der Waals surface area contributed by atoms with Crippen molar-refractivity contribution in [3.8, 4) is 0 Å². The summed E-state index contributed by atoms with van der Waals surface area (Å²) in [6.45, 7) is 2.20. The van der Waals surface area contributed by atoms with Gasteiger partial charge in [-0.05, 0) is 25.1 Å². The number of nitrogens with zero attached hydrogens (tertiary/aromatic N) is 1. The number of ether oxygens (including phenoxy) is 1. The van der Waals surface area contributed by atoms with Crippen molar-refractivity contribution in [2.45, 2.75) is 19.9 Å². The summed E-state index contributed by atoms with van der Waals surface area (Å²) in [7, 11) is 0. The van der Waals surface area contributed by atoms with Crippen LogP contribution in [0.3, 0.4) is 0 Å². The normalized spacial score (nSPS) is 10.6. The number of aromatic nitrogens is 1. The number of hydrogen-bond donors (Lipinski definition) is 0. The summed E-state index contributed by atoms with van der Waals surface area (Å²) in [5, 5.41) is 1.05. The first-order valence-corrected chi connectivity index (χ1v) is 6.81. The Bertz CT molecular complexity index is 618. The maximum atomic E-state index is 11.8. The number of hydrogen-bond acceptors (Lipinski definition) is 3. The molecule has 5 heteroatoms. The fraction of sp³-hybridized carbons (Fsp3) is 0.286. The second kappa shape index (κ2) is 6.02. The fourth-order valence-corrected chi connectivity index (χ4v) is 2.43. The third-order valence-electron chi connectivity index (χ3n) is 2.75. The Kier molecular flexibility index (Phi) is 4.37. The number of ketones is 1. The lowest BCUT2D eigenvalue weighted by Crippen LogP contribution is -2.15. The van der Waals surface area contributed by atoms with E-state index in [1.165, 1.54) is 0 Å². The molecule has 2 rings (SSSR count). The van der Waals surface area contributed by atoms with E-state index in [-0.39, 0.29) is 18.7 Å². The Morgan fingerprint density at radius 2 is 2.11 bits per heavy atom. The van der Waals surface area contributed by atoms with Gasteiger partial charge < -0.3 is 9.30 Å². The van der Waals surface area contributed by atoms with Crippen molar-refractivity contribution >= 4 is 38.6 Å². The highest BCUT2D eigenvalue weighted by molar-refractivity contribution is 9.10. The average Bonchev–Trinajstić information content (AvgIpc) is 2.74. The molecule has 0 aliphatic carbocycles. The van der Waals surface area contributed by atoms with Gasteiger partial charge in [-0.15, -0.1) is 0 Å². The summed E-state index contributed by atoms with van der Waals surface area (Å²) in [5.41, 5.74) is 0.964. The Morgan fingerprint density at radius 3 is 2.84 bits per heavy atom. The lowest BCUT2D eigenvalue weighted by Gasteiger charge is -2.05. The van der Waals surface area contributed by atoms with Gasteiger partial charge >= 0.3 is 5.97 Å². The van der Waals surface area contributed by atoms with E-state index in [4.69, 9.17) is 4.74 Å². The molecule has 0 spiro atoms. The molecule has 0 saturated heterocycles. The second-order valence-corrected chi connectivity index (χ2v) is 4.99. The zero-order valence-corrected chi connectivity index (χ0v) is 12.1. The molecular weight excluding hydrogens is 310 g/mol. The summed E-state index contributed by atoms with van der Waals surface area (Å²) in [5.74, 6) is -0.624. The van der Waals surface area contributed by atoms with Crippen molar-refractivity contribution < 1.29 is 14.3 Å². The molecule has 1 aromatic heterocycles. The van der Waals surface area contributed by atoms with Gasteiger partial charge in [0.15, 0.2) is 5.78 Å². The number of rotatable bonds is 5. The standard InChI is InChI=1S/C14H14BrNO3/c1-2-19-14(18)8-10(17)9-16-7-6-11-12(15)4-3-5-13(11)16/h3-7H,2,8-9H2,1H3. The highest BCUT2D eigenvalue weighted by atomic mass is 79.9. The number of carbonyl (C=O) groups is 2. The van der Waals surface area contributed by atoms with Crippen LogP contribution in [-0.4, -0.2) is 22.9 Å². The highest BCUT2D eigenvalue weighted by Crippen LogP contribution is 2.24. The quantitative estimate of drug-likeness (QED) is 0.628. The summed E-state index contributed by atoms with van der Waals surface area (Å²) >= 11 is 3.46. The molecule has 0 aliphatic rings. The molecule has 0 atom stereocenters. The topological polar surface area (TPSA) is 48.3 Å².